The Labute approximate surface area is 128 Å². The number of nitrogens with one attached hydrogen (secondary N) is 2. The van der Waals surface area contributed by atoms with Gasteiger partial charge < -0.3 is 10.6 Å². The lowest BCUT2D eigenvalue weighted by atomic mass is 10.1. The summed E-state index contributed by atoms with van der Waals surface area (Å²) in [6.45, 7) is 5.67. The number of benzene rings is 1. The number of hydrogen-bond acceptors (Lipinski definition) is 4. The molecule has 0 heterocycles. The predicted molar refractivity (Wildman–Crippen MR) is 81.2 cm³/mol. The van der Waals surface area contributed by atoms with E-state index in [9.17, 15) is 19.7 Å². The van der Waals surface area contributed by atoms with Crippen LogP contribution in [0, 0.1) is 16.0 Å². The molecule has 0 radical (unpaired) electrons. The van der Waals surface area contributed by atoms with Gasteiger partial charge in [-0.05, 0) is 45.0 Å². The molecule has 1 aromatic rings. The second-order valence-corrected chi connectivity index (χ2v) is 6.47. The highest BCUT2D eigenvalue weighted by Crippen LogP contribution is 2.34. The van der Waals surface area contributed by atoms with Gasteiger partial charge in [0.2, 0.25) is 11.9 Å². The maximum atomic E-state index is 12.0. The van der Waals surface area contributed by atoms with E-state index in [0.717, 1.165) is 0 Å². The first-order valence-electron chi connectivity index (χ1n) is 7.04. The minimum atomic E-state index is -0.767. The van der Waals surface area contributed by atoms with Crippen LogP contribution in [-0.4, -0.2) is 28.3 Å². The highest BCUT2D eigenvalue weighted by molar-refractivity contribution is 5.97. The minimum Gasteiger partial charge on any atom is -0.347 e. The molecule has 0 aromatic heterocycles. The van der Waals surface area contributed by atoms with Crippen LogP contribution in [0.25, 0.3) is 0 Å². The van der Waals surface area contributed by atoms with Crippen LogP contribution in [0.2, 0.25) is 0 Å². The summed E-state index contributed by atoms with van der Waals surface area (Å²) in [5.41, 5.74) is 0.682. The third kappa shape index (κ3) is 4.03. The van der Waals surface area contributed by atoms with Crippen molar-refractivity contribution in [1.29, 1.82) is 0 Å². The number of nitro groups is 1. The van der Waals surface area contributed by atoms with Crippen LogP contribution in [0.3, 0.4) is 0 Å². The first kappa shape index (κ1) is 15.9. The summed E-state index contributed by atoms with van der Waals surface area (Å²) in [7, 11) is 0. The smallest absolute Gasteiger partial charge is 0.251 e. The monoisotopic (exact) mass is 305 g/mol. The molecule has 0 spiro atoms. The third-order valence-electron chi connectivity index (χ3n) is 3.27. The van der Waals surface area contributed by atoms with E-state index < -0.39 is 16.9 Å². The van der Waals surface area contributed by atoms with E-state index in [0.29, 0.717) is 11.3 Å². The fourth-order valence-corrected chi connectivity index (χ4v) is 2.05. The van der Waals surface area contributed by atoms with E-state index in [-0.39, 0.29) is 23.8 Å². The topological polar surface area (TPSA) is 101 Å². The van der Waals surface area contributed by atoms with Crippen molar-refractivity contribution in [2.24, 2.45) is 5.92 Å². The van der Waals surface area contributed by atoms with Crippen molar-refractivity contribution < 1.29 is 14.5 Å². The fraction of sp³-hybridized carbons (Fsp3) is 0.467. The molecule has 22 heavy (non-hydrogen) atoms. The van der Waals surface area contributed by atoms with Gasteiger partial charge in [-0.1, -0.05) is 0 Å². The zero-order chi connectivity index (χ0) is 16.5. The van der Waals surface area contributed by atoms with Gasteiger partial charge in [0.25, 0.3) is 5.91 Å². The van der Waals surface area contributed by atoms with Crippen LogP contribution in [0.4, 0.5) is 5.69 Å². The molecular formula is C15H19N3O4. The van der Waals surface area contributed by atoms with Crippen LogP contribution in [-0.2, 0) is 4.79 Å². The van der Waals surface area contributed by atoms with Gasteiger partial charge in [-0.15, -0.1) is 0 Å². The fourth-order valence-electron chi connectivity index (χ4n) is 2.05. The Morgan fingerprint density at radius 3 is 2.27 bits per heavy atom. The summed E-state index contributed by atoms with van der Waals surface area (Å²) in [4.78, 5) is 33.9. The number of carbonyl (C=O) groups excluding carboxylic acids is 2. The van der Waals surface area contributed by atoms with E-state index in [1.54, 1.807) is 24.3 Å². The van der Waals surface area contributed by atoms with Gasteiger partial charge in [0, 0.05) is 28.1 Å². The molecule has 0 bridgehead atoms. The van der Waals surface area contributed by atoms with Crippen molar-refractivity contribution in [1.82, 2.24) is 5.32 Å². The number of carbonyl (C=O) groups is 2. The molecule has 2 atom stereocenters. The van der Waals surface area contributed by atoms with Crippen LogP contribution in [0.1, 0.15) is 37.6 Å². The second-order valence-electron chi connectivity index (χ2n) is 6.47. The lowest BCUT2D eigenvalue weighted by Crippen LogP contribution is -2.40. The predicted octanol–water partition coefficient (Wildman–Crippen LogP) is 1.82. The summed E-state index contributed by atoms with van der Waals surface area (Å²) < 4.78 is 0. The zero-order valence-electron chi connectivity index (χ0n) is 12.8. The summed E-state index contributed by atoms with van der Waals surface area (Å²) in [6, 6.07) is 5.66. The molecule has 1 fully saturated rings. The largest absolute Gasteiger partial charge is 0.347 e. The Bertz CT molecular complexity index is 604. The number of nitrogens with zero attached hydrogens (tertiary/aromatic N) is 1. The molecule has 1 aromatic carbocycles. The van der Waals surface area contributed by atoms with E-state index in [4.69, 9.17) is 0 Å². The average Bonchev–Trinajstić information content (AvgIpc) is 3.17. The van der Waals surface area contributed by atoms with Crippen LogP contribution < -0.4 is 10.6 Å². The Balaban J connectivity index is 1.94. The lowest BCUT2D eigenvalue weighted by molar-refractivity contribution is -0.497. The van der Waals surface area contributed by atoms with Crippen molar-refractivity contribution in [3.8, 4) is 0 Å². The van der Waals surface area contributed by atoms with Crippen molar-refractivity contribution in [2.45, 2.75) is 38.8 Å². The van der Waals surface area contributed by atoms with Gasteiger partial charge in [0.1, 0.15) is 5.92 Å². The SMILES string of the molecule is CC(C)(C)NC(=O)c1ccc(NC(=O)[C@@H]2C[C@H]2[N+](=O)[O-])cc1. The van der Waals surface area contributed by atoms with Gasteiger partial charge in [-0.25, -0.2) is 0 Å². The highest BCUT2D eigenvalue weighted by Gasteiger charge is 2.53. The molecule has 0 saturated heterocycles. The molecular weight excluding hydrogens is 286 g/mol. The van der Waals surface area contributed by atoms with Gasteiger partial charge in [0.05, 0.1) is 0 Å². The van der Waals surface area contributed by atoms with E-state index in [1.807, 2.05) is 20.8 Å². The molecule has 118 valence electrons. The molecule has 1 aliphatic rings. The molecule has 1 aliphatic carbocycles. The average molecular weight is 305 g/mol. The highest BCUT2D eigenvalue weighted by atomic mass is 16.6. The van der Waals surface area contributed by atoms with Crippen LogP contribution >= 0.6 is 0 Å². The first-order valence-corrected chi connectivity index (χ1v) is 7.04. The maximum Gasteiger partial charge on any atom is 0.251 e. The van der Waals surface area contributed by atoms with E-state index in [2.05, 4.69) is 10.6 Å². The molecule has 7 nitrogen and oxygen atoms in total. The van der Waals surface area contributed by atoms with Crippen molar-refractivity contribution in [3.05, 3.63) is 39.9 Å². The van der Waals surface area contributed by atoms with Crippen molar-refractivity contribution >= 4 is 17.5 Å². The van der Waals surface area contributed by atoms with Crippen molar-refractivity contribution in [3.63, 3.8) is 0 Å². The first-order chi connectivity index (χ1) is 10.2. The summed E-state index contributed by atoms with van der Waals surface area (Å²) in [5, 5.41) is 16.0. The Kier molecular flexibility index (Phi) is 4.16. The second kappa shape index (κ2) is 5.75. The van der Waals surface area contributed by atoms with Crippen molar-refractivity contribution in [2.75, 3.05) is 5.32 Å². The van der Waals surface area contributed by atoms with Gasteiger partial charge in [0.15, 0.2) is 0 Å². The normalized spacial score (nSPS) is 20.1. The number of hydrogen-bond donors (Lipinski definition) is 2. The lowest BCUT2D eigenvalue weighted by Gasteiger charge is -2.20. The Morgan fingerprint density at radius 2 is 1.82 bits per heavy atom. The molecule has 1 saturated carbocycles. The number of anilines is 1. The zero-order valence-corrected chi connectivity index (χ0v) is 12.8. The van der Waals surface area contributed by atoms with E-state index in [1.165, 1.54) is 0 Å². The molecule has 2 N–H and O–H groups in total. The molecule has 2 rings (SSSR count). The minimum absolute atomic E-state index is 0.194. The van der Waals surface area contributed by atoms with Crippen LogP contribution in [0.15, 0.2) is 24.3 Å². The Hall–Kier alpha value is -2.44. The summed E-state index contributed by atoms with van der Waals surface area (Å²) >= 11 is 0. The standard InChI is InChI=1S/C15H19N3O4/c1-15(2,3)17-13(19)9-4-6-10(7-5-9)16-14(20)11-8-12(11)18(21)22/h4-7,11-12H,8H2,1-3H3,(H,16,20)(H,17,19)/t11-,12-/m1/s1. The van der Waals surface area contributed by atoms with Gasteiger partial charge in [-0.2, -0.15) is 0 Å². The third-order valence-corrected chi connectivity index (χ3v) is 3.27. The van der Waals surface area contributed by atoms with E-state index >= 15 is 0 Å². The van der Waals surface area contributed by atoms with Gasteiger partial charge >= 0.3 is 0 Å². The molecule has 0 aliphatic heterocycles. The summed E-state index contributed by atoms with van der Waals surface area (Å²) in [5.74, 6) is -1.10. The maximum absolute atomic E-state index is 12.0. The molecule has 7 heteroatoms. The number of amides is 2. The quantitative estimate of drug-likeness (QED) is 0.654. The summed E-state index contributed by atoms with van der Waals surface area (Å²) in [6.07, 6.45) is 0.283. The Morgan fingerprint density at radius 1 is 1.23 bits per heavy atom. The molecule has 2 amide bonds. The van der Waals surface area contributed by atoms with Crippen LogP contribution in [0.5, 0.6) is 0 Å². The molecule has 0 unspecified atom stereocenters. The van der Waals surface area contributed by atoms with Gasteiger partial charge in [-0.3, -0.25) is 19.7 Å². The number of rotatable bonds is 4.